The van der Waals surface area contributed by atoms with E-state index in [-0.39, 0.29) is 5.54 Å². The fourth-order valence-corrected chi connectivity index (χ4v) is 2.95. The van der Waals surface area contributed by atoms with Gasteiger partial charge >= 0.3 is 0 Å². The molecule has 0 saturated heterocycles. The van der Waals surface area contributed by atoms with E-state index in [4.69, 9.17) is 4.74 Å². The van der Waals surface area contributed by atoms with Crippen LogP contribution in [0.1, 0.15) is 32.6 Å². The van der Waals surface area contributed by atoms with Gasteiger partial charge in [-0.25, -0.2) is 4.98 Å². The molecule has 0 unspecified atom stereocenters. The van der Waals surface area contributed by atoms with Gasteiger partial charge in [-0.3, -0.25) is 0 Å². The summed E-state index contributed by atoms with van der Waals surface area (Å²) in [5.74, 6) is 2.34. The van der Waals surface area contributed by atoms with Crippen LogP contribution in [0.4, 0.5) is 11.5 Å². The standard InChI is InChI=1S/C13H20N4O/c1-9-3-5-13(6-4-9)7-14-10-11(17-13)15-8-16-12(10)18-2/h8-9,14H,3-7H2,1-2H3,(H,15,16,17). The summed E-state index contributed by atoms with van der Waals surface area (Å²) >= 11 is 0. The second-order valence-corrected chi connectivity index (χ2v) is 5.55. The zero-order chi connectivity index (χ0) is 12.6. The first-order valence-electron chi connectivity index (χ1n) is 6.63. The normalized spacial score (nSPS) is 30.2. The second-order valence-electron chi connectivity index (χ2n) is 5.55. The van der Waals surface area contributed by atoms with Gasteiger partial charge in [-0.1, -0.05) is 6.92 Å². The molecule has 1 aliphatic heterocycles. The maximum absolute atomic E-state index is 5.25. The number of ether oxygens (including phenoxy) is 1. The maximum Gasteiger partial charge on any atom is 0.242 e. The van der Waals surface area contributed by atoms with Gasteiger partial charge in [0.1, 0.15) is 12.0 Å². The summed E-state index contributed by atoms with van der Waals surface area (Å²) in [6.07, 6.45) is 6.52. The van der Waals surface area contributed by atoms with Crippen molar-refractivity contribution >= 4 is 11.5 Å². The van der Waals surface area contributed by atoms with Crippen molar-refractivity contribution in [2.45, 2.75) is 38.1 Å². The number of anilines is 2. The second kappa shape index (κ2) is 4.30. The largest absolute Gasteiger partial charge is 0.479 e. The Labute approximate surface area is 107 Å². The Morgan fingerprint density at radius 1 is 1.33 bits per heavy atom. The molecule has 1 aromatic rings. The van der Waals surface area contributed by atoms with Crippen molar-refractivity contribution in [3.05, 3.63) is 6.33 Å². The number of methoxy groups -OCH3 is 1. The van der Waals surface area contributed by atoms with Gasteiger partial charge < -0.3 is 15.4 Å². The number of aromatic nitrogens is 2. The molecule has 1 saturated carbocycles. The highest BCUT2D eigenvalue weighted by Crippen LogP contribution is 2.41. The number of nitrogens with one attached hydrogen (secondary N) is 2. The SMILES string of the molecule is COc1ncnc2c1NCC1(CCC(C)CC1)N2. The van der Waals surface area contributed by atoms with Crippen LogP contribution in [0.3, 0.4) is 0 Å². The predicted molar refractivity (Wildman–Crippen MR) is 71.1 cm³/mol. The third kappa shape index (κ3) is 1.87. The van der Waals surface area contributed by atoms with E-state index in [0.29, 0.717) is 5.88 Å². The number of rotatable bonds is 1. The predicted octanol–water partition coefficient (Wildman–Crippen LogP) is 2.27. The molecule has 3 rings (SSSR count). The summed E-state index contributed by atoms with van der Waals surface area (Å²) in [5, 5.41) is 7.06. The fourth-order valence-electron chi connectivity index (χ4n) is 2.95. The molecule has 1 aliphatic carbocycles. The van der Waals surface area contributed by atoms with E-state index in [1.165, 1.54) is 25.7 Å². The number of hydrogen-bond donors (Lipinski definition) is 2. The maximum atomic E-state index is 5.25. The van der Waals surface area contributed by atoms with Crippen molar-refractivity contribution in [3.63, 3.8) is 0 Å². The average molecular weight is 248 g/mol. The van der Waals surface area contributed by atoms with Crippen LogP contribution in [0.2, 0.25) is 0 Å². The van der Waals surface area contributed by atoms with E-state index in [1.54, 1.807) is 13.4 Å². The summed E-state index contributed by atoms with van der Waals surface area (Å²) in [6.45, 7) is 3.26. The molecule has 1 spiro atoms. The van der Waals surface area contributed by atoms with Crippen molar-refractivity contribution in [3.8, 4) is 5.88 Å². The molecule has 0 radical (unpaired) electrons. The average Bonchev–Trinajstić information content (AvgIpc) is 2.41. The van der Waals surface area contributed by atoms with Gasteiger partial charge in [0.2, 0.25) is 5.88 Å². The van der Waals surface area contributed by atoms with Crippen LogP contribution >= 0.6 is 0 Å². The lowest BCUT2D eigenvalue weighted by molar-refractivity contribution is 0.272. The smallest absolute Gasteiger partial charge is 0.242 e. The van der Waals surface area contributed by atoms with E-state index in [2.05, 4.69) is 27.5 Å². The van der Waals surface area contributed by atoms with Gasteiger partial charge in [-0.05, 0) is 31.6 Å². The van der Waals surface area contributed by atoms with Crippen molar-refractivity contribution in [1.29, 1.82) is 0 Å². The molecule has 0 aromatic carbocycles. The Bertz CT molecular complexity index is 441. The Kier molecular flexibility index (Phi) is 2.76. The topological polar surface area (TPSA) is 59.1 Å². The third-order valence-corrected chi connectivity index (χ3v) is 4.22. The fraction of sp³-hybridized carbons (Fsp3) is 0.692. The Balaban J connectivity index is 1.85. The number of nitrogens with zero attached hydrogens (tertiary/aromatic N) is 2. The van der Waals surface area contributed by atoms with E-state index in [1.807, 2.05) is 0 Å². The monoisotopic (exact) mass is 248 g/mol. The molecule has 1 aromatic heterocycles. The lowest BCUT2D eigenvalue weighted by Crippen LogP contribution is -2.50. The van der Waals surface area contributed by atoms with Crippen molar-refractivity contribution in [2.24, 2.45) is 5.92 Å². The van der Waals surface area contributed by atoms with E-state index < -0.39 is 0 Å². The first-order chi connectivity index (χ1) is 8.72. The third-order valence-electron chi connectivity index (χ3n) is 4.22. The summed E-state index contributed by atoms with van der Waals surface area (Å²) in [7, 11) is 1.64. The first kappa shape index (κ1) is 11.6. The Morgan fingerprint density at radius 2 is 2.11 bits per heavy atom. The van der Waals surface area contributed by atoms with Crippen molar-refractivity contribution < 1.29 is 4.74 Å². The molecular formula is C13H20N4O. The van der Waals surface area contributed by atoms with E-state index >= 15 is 0 Å². The molecule has 0 amide bonds. The molecule has 2 N–H and O–H groups in total. The van der Waals surface area contributed by atoms with E-state index in [9.17, 15) is 0 Å². The van der Waals surface area contributed by atoms with Crippen molar-refractivity contribution in [2.75, 3.05) is 24.3 Å². The van der Waals surface area contributed by atoms with Crippen molar-refractivity contribution in [1.82, 2.24) is 9.97 Å². The molecule has 98 valence electrons. The molecule has 18 heavy (non-hydrogen) atoms. The van der Waals surface area contributed by atoms with Gasteiger partial charge in [0.05, 0.1) is 12.6 Å². The van der Waals surface area contributed by atoms with Gasteiger partial charge in [0.25, 0.3) is 0 Å². The minimum Gasteiger partial charge on any atom is -0.479 e. The van der Waals surface area contributed by atoms with Gasteiger partial charge in [-0.2, -0.15) is 4.98 Å². The van der Waals surface area contributed by atoms with Gasteiger partial charge in [-0.15, -0.1) is 0 Å². The number of fused-ring (bicyclic) bond motifs is 1. The minimum atomic E-state index is 0.166. The van der Waals surface area contributed by atoms with Gasteiger partial charge in [0.15, 0.2) is 5.82 Å². The highest BCUT2D eigenvalue weighted by molar-refractivity contribution is 5.72. The zero-order valence-electron chi connectivity index (χ0n) is 11.0. The molecule has 5 nitrogen and oxygen atoms in total. The molecular weight excluding hydrogens is 228 g/mol. The van der Waals surface area contributed by atoms with Crippen LogP contribution < -0.4 is 15.4 Å². The lowest BCUT2D eigenvalue weighted by atomic mass is 9.76. The van der Waals surface area contributed by atoms with Gasteiger partial charge in [0, 0.05) is 6.54 Å². The Morgan fingerprint density at radius 3 is 2.83 bits per heavy atom. The molecule has 5 heteroatoms. The molecule has 2 aliphatic rings. The first-order valence-corrected chi connectivity index (χ1v) is 6.63. The lowest BCUT2D eigenvalue weighted by Gasteiger charge is -2.44. The highest BCUT2D eigenvalue weighted by atomic mass is 16.5. The Hall–Kier alpha value is -1.52. The summed E-state index contributed by atoms with van der Waals surface area (Å²) in [5.41, 5.74) is 1.06. The van der Waals surface area contributed by atoms with Crippen LogP contribution in [-0.4, -0.2) is 29.2 Å². The van der Waals surface area contributed by atoms with E-state index in [0.717, 1.165) is 24.0 Å². The molecule has 2 heterocycles. The molecule has 0 bridgehead atoms. The van der Waals surface area contributed by atoms with Crippen LogP contribution in [0.25, 0.3) is 0 Å². The zero-order valence-corrected chi connectivity index (χ0v) is 11.0. The minimum absolute atomic E-state index is 0.166. The number of hydrogen-bond acceptors (Lipinski definition) is 5. The highest BCUT2D eigenvalue weighted by Gasteiger charge is 2.38. The van der Waals surface area contributed by atoms with Crippen LogP contribution in [0.5, 0.6) is 5.88 Å². The van der Waals surface area contributed by atoms with Crippen LogP contribution in [-0.2, 0) is 0 Å². The summed E-state index contributed by atoms with van der Waals surface area (Å²) in [4.78, 5) is 8.45. The summed E-state index contributed by atoms with van der Waals surface area (Å²) in [6, 6.07) is 0. The van der Waals surface area contributed by atoms with Crippen LogP contribution in [0, 0.1) is 5.92 Å². The molecule has 1 fully saturated rings. The molecule has 0 atom stereocenters. The van der Waals surface area contributed by atoms with Crippen LogP contribution in [0.15, 0.2) is 6.33 Å². The summed E-state index contributed by atoms with van der Waals surface area (Å²) < 4.78 is 5.25. The quantitative estimate of drug-likeness (QED) is 0.798.